The maximum atomic E-state index is 5.48. The average molecular weight is 256 g/mol. The molecule has 2 fully saturated rings. The molecule has 106 valence electrons. The van der Waals surface area contributed by atoms with E-state index in [1.165, 1.54) is 38.6 Å². The highest BCUT2D eigenvalue weighted by molar-refractivity contribution is 4.96. The lowest BCUT2D eigenvalue weighted by Crippen LogP contribution is -2.62. The molecule has 18 heavy (non-hydrogen) atoms. The maximum absolute atomic E-state index is 5.48. The minimum atomic E-state index is 0.203. The second-order valence-corrected chi connectivity index (χ2v) is 5.82. The second-order valence-electron chi connectivity index (χ2n) is 5.82. The van der Waals surface area contributed by atoms with Crippen molar-refractivity contribution in [3.05, 3.63) is 0 Å². The van der Waals surface area contributed by atoms with Crippen LogP contribution in [0.1, 0.15) is 32.1 Å². The van der Waals surface area contributed by atoms with Gasteiger partial charge in [-0.05, 0) is 12.8 Å². The first-order valence-corrected chi connectivity index (χ1v) is 7.27. The monoisotopic (exact) mass is 256 g/mol. The van der Waals surface area contributed by atoms with Gasteiger partial charge in [-0.15, -0.1) is 0 Å². The van der Waals surface area contributed by atoms with Crippen LogP contribution in [-0.4, -0.2) is 63.5 Å². The van der Waals surface area contributed by atoms with E-state index in [4.69, 9.17) is 9.47 Å². The molecule has 0 aromatic heterocycles. The summed E-state index contributed by atoms with van der Waals surface area (Å²) in [6, 6.07) is 0. The fraction of sp³-hybridized carbons (Fsp3) is 1.00. The summed E-state index contributed by atoms with van der Waals surface area (Å²) in [5.74, 6) is 0. The van der Waals surface area contributed by atoms with Crippen molar-refractivity contribution in [2.45, 2.75) is 43.7 Å². The van der Waals surface area contributed by atoms with Crippen molar-refractivity contribution >= 4 is 0 Å². The second kappa shape index (κ2) is 6.85. The summed E-state index contributed by atoms with van der Waals surface area (Å²) in [6.45, 7) is 5.10. The van der Waals surface area contributed by atoms with Crippen LogP contribution in [-0.2, 0) is 9.47 Å². The highest BCUT2D eigenvalue weighted by Gasteiger charge is 2.36. The first-order valence-electron chi connectivity index (χ1n) is 7.27. The Morgan fingerprint density at radius 3 is 2.67 bits per heavy atom. The molecule has 1 aliphatic carbocycles. The quantitative estimate of drug-likeness (QED) is 0.803. The van der Waals surface area contributed by atoms with E-state index in [0.29, 0.717) is 12.1 Å². The van der Waals surface area contributed by atoms with Crippen molar-refractivity contribution in [3.63, 3.8) is 0 Å². The van der Waals surface area contributed by atoms with Crippen molar-refractivity contribution in [1.29, 1.82) is 0 Å². The molecule has 0 amide bonds. The first-order chi connectivity index (χ1) is 8.78. The Hall–Kier alpha value is -0.160. The minimum Gasteiger partial charge on any atom is -0.382 e. The SMILES string of the molecule is COCC(CN1CCNC2(CCCCC2)C1)OC. The third-order valence-corrected chi connectivity index (χ3v) is 4.41. The first kappa shape index (κ1) is 14.3. The lowest BCUT2D eigenvalue weighted by molar-refractivity contribution is -0.00880. The Bertz CT molecular complexity index is 236. The zero-order valence-corrected chi connectivity index (χ0v) is 11.9. The van der Waals surface area contributed by atoms with Crippen molar-refractivity contribution in [1.82, 2.24) is 10.2 Å². The number of nitrogens with one attached hydrogen (secondary N) is 1. The molecular formula is C14H28N2O2. The molecule has 1 spiro atoms. The Morgan fingerprint density at radius 2 is 2.00 bits per heavy atom. The summed E-state index contributed by atoms with van der Waals surface area (Å²) >= 11 is 0. The van der Waals surface area contributed by atoms with E-state index < -0.39 is 0 Å². The summed E-state index contributed by atoms with van der Waals surface area (Å²) < 4.78 is 10.7. The molecule has 4 nitrogen and oxygen atoms in total. The van der Waals surface area contributed by atoms with Crippen molar-refractivity contribution in [2.24, 2.45) is 0 Å². The normalized spacial score (nSPS) is 26.3. The maximum Gasteiger partial charge on any atom is 0.0931 e. The van der Waals surface area contributed by atoms with Crippen molar-refractivity contribution < 1.29 is 9.47 Å². The topological polar surface area (TPSA) is 33.7 Å². The van der Waals surface area contributed by atoms with Crippen LogP contribution in [0.25, 0.3) is 0 Å². The van der Waals surface area contributed by atoms with Gasteiger partial charge >= 0.3 is 0 Å². The Balaban J connectivity index is 1.85. The van der Waals surface area contributed by atoms with Crippen LogP contribution >= 0.6 is 0 Å². The molecule has 0 bridgehead atoms. The third kappa shape index (κ3) is 3.67. The van der Waals surface area contributed by atoms with E-state index in [2.05, 4.69) is 10.2 Å². The van der Waals surface area contributed by atoms with Gasteiger partial charge in [0, 0.05) is 45.9 Å². The van der Waals surface area contributed by atoms with Gasteiger partial charge in [-0.1, -0.05) is 19.3 Å². The highest BCUT2D eigenvalue weighted by atomic mass is 16.5. The van der Waals surface area contributed by atoms with Crippen molar-refractivity contribution in [3.8, 4) is 0 Å². The van der Waals surface area contributed by atoms with Gasteiger partial charge in [0.15, 0.2) is 0 Å². The molecular weight excluding hydrogens is 228 g/mol. The van der Waals surface area contributed by atoms with E-state index >= 15 is 0 Å². The Labute approximate surface area is 111 Å². The average Bonchev–Trinajstić information content (AvgIpc) is 2.39. The number of methoxy groups -OCH3 is 2. The molecule has 1 saturated heterocycles. The highest BCUT2D eigenvalue weighted by Crippen LogP contribution is 2.30. The van der Waals surface area contributed by atoms with Crippen LogP contribution in [0.15, 0.2) is 0 Å². The molecule has 1 atom stereocenters. The van der Waals surface area contributed by atoms with Crippen molar-refractivity contribution in [2.75, 3.05) is 47.0 Å². The zero-order chi connectivity index (χ0) is 12.8. The number of hydrogen-bond acceptors (Lipinski definition) is 4. The fourth-order valence-corrected chi connectivity index (χ4v) is 3.43. The molecule has 1 saturated carbocycles. The summed E-state index contributed by atoms with van der Waals surface area (Å²) in [5.41, 5.74) is 0.391. The van der Waals surface area contributed by atoms with Gasteiger partial charge in [-0.2, -0.15) is 0 Å². The molecule has 1 unspecified atom stereocenters. The number of ether oxygens (including phenoxy) is 2. The number of hydrogen-bond donors (Lipinski definition) is 1. The number of rotatable bonds is 5. The van der Waals surface area contributed by atoms with Gasteiger partial charge in [0.1, 0.15) is 0 Å². The minimum absolute atomic E-state index is 0.203. The number of nitrogens with zero attached hydrogens (tertiary/aromatic N) is 1. The van der Waals surface area contributed by atoms with Crippen LogP contribution in [0, 0.1) is 0 Å². The van der Waals surface area contributed by atoms with E-state index in [1.54, 1.807) is 14.2 Å². The summed E-state index contributed by atoms with van der Waals surface area (Å²) in [4.78, 5) is 2.55. The summed E-state index contributed by atoms with van der Waals surface area (Å²) in [6.07, 6.45) is 7.05. The van der Waals surface area contributed by atoms with Crippen LogP contribution in [0.4, 0.5) is 0 Å². The summed E-state index contributed by atoms with van der Waals surface area (Å²) in [7, 11) is 3.52. The largest absolute Gasteiger partial charge is 0.382 e. The van der Waals surface area contributed by atoms with Gasteiger partial charge in [-0.3, -0.25) is 4.90 Å². The molecule has 0 aromatic carbocycles. The van der Waals surface area contributed by atoms with Crippen LogP contribution in [0.5, 0.6) is 0 Å². The predicted molar refractivity (Wildman–Crippen MR) is 72.9 cm³/mol. The zero-order valence-electron chi connectivity index (χ0n) is 11.9. The van der Waals surface area contributed by atoms with Crippen LogP contribution in [0.3, 0.4) is 0 Å². The van der Waals surface area contributed by atoms with Crippen LogP contribution < -0.4 is 5.32 Å². The van der Waals surface area contributed by atoms with Gasteiger partial charge < -0.3 is 14.8 Å². The number of piperazine rings is 1. The van der Waals surface area contributed by atoms with Gasteiger partial charge in [-0.25, -0.2) is 0 Å². The summed E-state index contributed by atoms with van der Waals surface area (Å²) in [5, 5.41) is 3.77. The van der Waals surface area contributed by atoms with E-state index in [9.17, 15) is 0 Å². The smallest absolute Gasteiger partial charge is 0.0931 e. The predicted octanol–water partition coefficient (Wildman–Crippen LogP) is 1.26. The third-order valence-electron chi connectivity index (χ3n) is 4.41. The molecule has 1 heterocycles. The molecule has 0 aromatic rings. The van der Waals surface area contributed by atoms with E-state index in [0.717, 1.165) is 19.6 Å². The molecule has 1 N–H and O–H groups in total. The lowest BCUT2D eigenvalue weighted by Gasteiger charge is -2.46. The standard InChI is InChI=1S/C14H28N2O2/c1-17-11-13(18-2)10-16-9-8-15-14(12-16)6-4-3-5-7-14/h13,15H,3-12H2,1-2H3. The molecule has 1 aliphatic heterocycles. The van der Waals surface area contributed by atoms with E-state index in [1.807, 2.05) is 0 Å². The van der Waals surface area contributed by atoms with Gasteiger partial charge in [0.05, 0.1) is 12.7 Å². The van der Waals surface area contributed by atoms with Gasteiger partial charge in [0.2, 0.25) is 0 Å². The molecule has 4 heteroatoms. The van der Waals surface area contributed by atoms with Gasteiger partial charge in [0.25, 0.3) is 0 Å². The molecule has 0 radical (unpaired) electrons. The molecule has 2 aliphatic rings. The Morgan fingerprint density at radius 1 is 1.22 bits per heavy atom. The fourth-order valence-electron chi connectivity index (χ4n) is 3.43. The van der Waals surface area contributed by atoms with E-state index in [-0.39, 0.29) is 6.10 Å². The van der Waals surface area contributed by atoms with Crippen LogP contribution in [0.2, 0.25) is 0 Å². The molecule has 2 rings (SSSR count). The lowest BCUT2D eigenvalue weighted by atomic mass is 9.80. The Kier molecular flexibility index (Phi) is 5.42.